The number of alkyl halides is 6. The Morgan fingerprint density at radius 3 is 2.16 bits per heavy atom. The number of hydrogen-bond donors (Lipinski definition) is 2. The molecule has 2 aliphatic rings. The van der Waals surface area contributed by atoms with E-state index in [-0.39, 0.29) is 5.41 Å². The van der Waals surface area contributed by atoms with Crippen LogP contribution in [0.1, 0.15) is 18.4 Å². The minimum Gasteiger partial charge on any atom is -0.475 e. The Morgan fingerprint density at radius 1 is 1.03 bits per heavy atom. The largest absolute Gasteiger partial charge is 0.490 e. The molecule has 4 rings (SSSR count). The number of carboxylic acid groups (broad SMARTS) is 2. The average molecular weight is 573 g/mol. The second-order valence-electron chi connectivity index (χ2n) is 8.57. The summed E-state index contributed by atoms with van der Waals surface area (Å²) in [5.41, 5.74) is 1.61. The maximum absolute atomic E-state index is 10.6. The molecule has 16 heteroatoms. The number of aromatic nitrogens is 2. The van der Waals surface area contributed by atoms with Gasteiger partial charge in [-0.1, -0.05) is 0 Å². The highest BCUT2D eigenvalue weighted by Crippen LogP contribution is 2.34. The Morgan fingerprint density at radius 2 is 1.63 bits per heavy atom. The summed E-state index contributed by atoms with van der Waals surface area (Å²) in [5.74, 6) is -4.68. The van der Waals surface area contributed by atoms with Crippen molar-refractivity contribution >= 4 is 29.2 Å². The van der Waals surface area contributed by atoms with Gasteiger partial charge in [0, 0.05) is 44.0 Å². The molecule has 212 valence electrons. The number of nitrogens with zero attached hydrogens (tertiary/aromatic N) is 4. The molecule has 0 saturated carbocycles. The van der Waals surface area contributed by atoms with Crippen molar-refractivity contribution in [1.82, 2.24) is 14.9 Å². The number of likely N-dealkylation sites (tertiary alicyclic amines) is 1. The van der Waals surface area contributed by atoms with Crippen molar-refractivity contribution in [1.29, 1.82) is 0 Å². The van der Waals surface area contributed by atoms with Crippen LogP contribution in [0.3, 0.4) is 0 Å². The standard InChI is InChI=1S/C18H24N4OS.2C2HF3O2/c1-4-18(13-21(7-1)11-16-3-10-24-12-16)14-22(8-9-23-15-18)17-19-5-2-6-20-17;2*3-2(4,5)1(6)7/h2-3,5-6,10,12H,1,4,7-9,11,13-15H2;2*(H,6,7). The van der Waals surface area contributed by atoms with Crippen LogP contribution in [0.25, 0.3) is 0 Å². The van der Waals surface area contributed by atoms with E-state index in [9.17, 15) is 26.3 Å². The number of piperidine rings is 1. The Bertz CT molecular complexity index is 986. The molecule has 2 saturated heterocycles. The van der Waals surface area contributed by atoms with Crippen LogP contribution in [0.2, 0.25) is 0 Å². The molecular formula is C22H26F6N4O5S. The molecule has 0 aliphatic carbocycles. The van der Waals surface area contributed by atoms with E-state index in [1.807, 2.05) is 18.5 Å². The Labute approximate surface area is 217 Å². The van der Waals surface area contributed by atoms with Crippen molar-refractivity contribution in [2.45, 2.75) is 31.7 Å². The molecule has 2 fully saturated rings. The Balaban J connectivity index is 0.000000301. The number of halogens is 6. The number of carboxylic acids is 2. The molecule has 1 unspecified atom stereocenters. The quantitative estimate of drug-likeness (QED) is 0.528. The topological polar surface area (TPSA) is 116 Å². The van der Waals surface area contributed by atoms with Gasteiger partial charge in [-0.15, -0.1) is 0 Å². The summed E-state index contributed by atoms with van der Waals surface area (Å²) in [4.78, 5) is 31.6. The second kappa shape index (κ2) is 13.7. The molecule has 0 aromatic carbocycles. The molecule has 2 N–H and O–H groups in total. The van der Waals surface area contributed by atoms with Gasteiger partial charge in [-0.05, 0) is 47.8 Å². The van der Waals surface area contributed by atoms with Gasteiger partial charge in [-0.2, -0.15) is 37.7 Å². The molecule has 0 amide bonds. The third-order valence-corrected chi connectivity index (χ3v) is 6.22. The van der Waals surface area contributed by atoms with Crippen LogP contribution in [0.4, 0.5) is 32.3 Å². The Hall–Kier alpha value is -2.98. The molecule has 2 aromatic heterocycles. The zero-order valence-corrected chi connectivity index (χ0v) is 20.7. The number of hydrogen-bond acceptors (Lipinski definition) is 8. The first-order valence-electron chi connectivity index (χ1n) is 11.2. The maximum atomic E-state index is 10.6. The third-order valence-electron chi connectivity index (χ3n) is 5.49. The van der Waals surface area contributed by atoms with Crippen molar-refractivity contribution < 1.29 is 50.9 Å². The van der Waals surface area contributed by atoms with Crippen molar-refractivity contribution in [3.63, 3.8) is 0 Å². The number of thiophene rings is 1. The lowest BCUT2D eigenvalue weighted by atomic mass is 9.80. The van der Waals surface area contributed by atoms with Crippen molar-refractivity contribution in [3.8, 4) is 0 Å². The fourth-order valence-electron chi connectivity index (χ4n) is 3.95. The number of carbonyl (C=O) groups is 2. The second-order valence-corrected chi connectivity index (χ2v) is 9.35. The van der Waals surface area contributed by atoms with Gasteiger partial charge in [0.25, 0.3) is 0 Å². The van der Waals surface area contributed by atoms with E-state index < -0.39 is 24.3 Å². The number of ether oxygens (including phenoxy) is 1. The van der Waals surface area contributed by atoms with E-state index in [0.29, 0.717) is 0 Å². The lowest BCUT2D eigenvalue weighted by Crippen LogP contribution is -2.50. The van der Waals surface area contributed by atoms with Gasteiger partial charge in [0.05, 0.1) is 13.2 Å². The normalized spacial score (nSPS) is 20.4. The summed E-state index contributed by atoms with van der Waals surface area (Å²) in [6.45, 7) is 6.77. The summed E-state index contributed by atoms with van der Waals surface area (Å²) in [6.07, 6.45) is -4.07. The lowest BCUT2D eigenvalue weighted by molar-refractivity contribution is -0.193. The zero-order valence-electron chi connectivity index (χ0n) is 19.9. The van der Waals surface area contributed by atoms with E-state index in [1.165, 1.54) is 24.9 Å². The summed E-state index contributed by atoms with van der Waals surface area (Å²) in [6, 6.07) is 4.11. The molecular weight excluding hydrogens is 546 g/mol. The highest BCUT2D eigenvalue weighted by Gasteiger charge is 2.40. The van der Waals surface area contributed by atoms with Gasteiger partial charge in [0.1, 0.15) is 0 Å². The predicted molar refractivity (Wildman–Crippen MR) is 124 cm³/mol. The SMILES string of the molecule is O=C(O)C(F)(F)F.O=C(O)C(F)(F)F.c1cnc(N2CCOCC3(CCCN(Cc4ccsc4)C3)C2)nc1. The first kappa shape index (κ1) is 31.2. The molecule has 4 heterocycles. The fourth-order valence-corrected chi connectivity index (χ4v) is 4.61. The molecule has 9 nitrogen and oxygen atoms in total. The highest BCUT2D eigenvalue weighted by atomic mass is 32.1. The van der Waals surface area contributed by atoms with Gasteiger partial charge in [0.2, 0.25) is 5.95 Å². The van der Waals surface area contributed by atoms with E-state index in [2.05, 4.69) is 36.6 Å². The van der Waals surface area contributed by atoms with Gasteiger partial charge in [0.15, 0.2) is 0 Å². The van der Waals surface area contributed by atoms with Crippen molar-refractivity contribution in [2.24, 2.45) is 5.41 Å². The third kappa shape index (κ3) is 10.4. The van der Waals surface area contributed by atoms with Gasteiger partial charge in [-0.3, -0.25) is 4.90 Å². The predicted octanol–water partition coefficient (Wildman–Crippen LogP) is 3.92. The fraction of sp³-hybridized carbons (Fsp3) is 0.545. The van der Waals surface area contributed by atoms with Crippen LogP contribution >= 0.6 is 11.3 Å². The van der Waals surface area contributed by atoms with E-state index in [0.717, 1.165) is 45.3 Å². The van der Waals surface area contributed by atoms with E-state index in [4.69, 9.17) is 24.5 Å². The van der Waals surface area contributed by atoms with Gasteiger partial charge < -0.3 is 19.8 Å². The highest BCUT2D eigenvalue weighted by molar-refractivity contribution is 7.07. The van der Waals surface area contributed by atoms with Crippen molar-refractivity contribution in [3.05, 3.63) is 40.8 Å². The summed E-state index contributed by atoms with van der Waals surface area (Å²) < 4.78 is 69.5. The molecule has 1 spiro atoms. The minimum atomic E-state index is -5.08. The number of aliphatic carboxylic acids is 2. The first-order chi connectivity index (χ1) is 17.7. The summed E-state index contributed by atoms with van der Waals surface area (Å²) in [7, 11) is 0. The molecule has 2 aromatic rings. The monoisotopic (exact) mass is 572 g/mol. The van der Waals surface area contributed by atoms with Gasteiger partial charge in [-0.25, -0.2) is 19.6 Å². The minimum absolute atomic E-state index is 0.184. The molecule has 2 aliphatic heterocycles. The van der Waals surface area contributed by atoms with Crippen LogP contribution in [0.5, 0.6) is 0 Å². The van der Waals surface area contributed by atoms with Crippen LogP contribution in [0, 0.1) is 5.41 Å². The van der Waals surface area contributed by atoms with Crippen LogP contribution in [-0.4, -0.2) is 88.8 Å². The van der Waals surface area contributed by atoms with E-state index >= 15 is 0 Å². The summed E-state index contributed by atoms with van der Waals surface area (Å²) >= 11 is 1.78. The van der Waals surface area contributed by atoms with Crippen LogP contribution in [-0.2, 0) is 20.9 Å². The molecule has 0 radical (unpaired) electrons. The molecule has 38 heavy (non-hydrogen) atoms. The van der Waals surface area contributed by atoms with Crippen LogP contribution < -0.4 is 4.90 Å². The van der Waals surface area contributed by atoms with Gasteiger partial charge >= 0.3 is 24.3 Å². The van der Waals surface area contributed by atoms with Crippen LogP contribution in [0.15, 0.2) is 35.3 Å². The molecule has 1 atom stereocenters. The molecule has 0 bridgehead atoms. The maximum Gasteiger partial charge on any atom is 0.490 e. The Kier molecular flexibility index (Phi) is 11.3. The zero-order chi connectivity index (χ0) is 28.4. The number of anilines is 1. The number of rotatable bonds is 3. The first-order valence-corrected chi connectivity index (χ1v) is 12.1. The van der Waals surface area contributed by atoms with E-state index in [1.54, 1.807) is 11.3 Å². The van der Waals surface area contributed by atoms with Crippen molar-refractivity contribution in [2.75, 3.05) is 44.3 Å². The lowest BCUT2D eigenvalue weighted by Gasteiger charge is -2.43. The summed E-state index contributed by atoms with van der Waals surface area (Å²) in [5, 5.41) is 18.7. The smallest absolute Gasteiger partial charge is 0.475 e. The average Bonchev–Trinajstić information content (AvgIpc) is 3.26.